The number of nitrogens with two attached hydrogens (primary N) is 1. The molecule has 0 aliphatic carbocycles. The molecule has 18 heteroatoms. The molecular weight excluding hydrogens is 604 g/mol. The Morgan fingerprint density at radius 3 is 2.67 bits per heavy atom. The van der Waals surface area contributed by atoms with Gasteiger partial charge in [-0.2, -0.15) is 0 Å². The van der Waals surface area contributed by atoms with Crippen molar-refractivity contribution in [2.24, 2.45) is 10.6 Å². The number of carbonyl (C=O) groups excluding carboxylic acids is 3. The molecule has 14 nitrogen and oxygen atoms in total. The van der Waals surface area contributed by atoms with Gasteiger partial charge in [-0.3, -0.25) is 14.4 Å². The maximum absolute atomic E-state index is 13.3. The highest BCUT2D eigenvalue weighted by atomic mass is 35.5. The second-order valence-electron chi connectivity index (χ2n) is 9.76. The van der Waals surface area contributed by atoms with E-state index in [2.05, 4.69) is 31.0 Å². The van der Waals surface area contributed by atoms with Crippen LogP contribution in [0.2, 0.25) is 4.34 Å². The van der Waals surface area contributed by atoms with Gasteiger partial charge in [0, 0.05) is 12.0 Å². The Morgan fingerprint density at radius 2 is 2.08 bits per heavy atom. The zero-order valence-electron chi connectivity index (χ0n) is 21.9. The number of esters is 1. The van der Waals surface area contributed by atoms with Crippen LogP contribution < -0.4 is 16.4 Å². The lowest BCUT2D eigenvalue weighted by Crippen LogP contribution is -2.71. The van der Waals surface area contributed by atoms with Crippen LogP contribution in [0, 0.1) is 10.3 Å². The monoisotopic (exact) mass is 630 g/mol. The van der Waals surface area contributed by atoms with Crippen LogP contribution in [0.4, 0.5) is 10.3 Å². The van der Waals surface area contributed by atoms with Gasteiger partial charge in [0.1, 0.15) is 16.1 Å². The van der Waals surface area contributed by atoms with Crippen molar-refractivity contribution in [2.45, 2.75) is 56.1 Å². The summed E-state index contributed by atoms with van der Waals surface area (Å²) in [4.78, 5) is 56.1. The Kier molecular flexibility index (Phi) is 9.29. The first-order chi connectivity index (χ1) is 18.9. The fourth-order valence-corrected chi connectivity index (χ4v) is 6.90. The van der Waals surface area contributed by atoms with Crippen molar-refractivity contribution < 1.29 is 23.9 Å². The molecule has 3 unspecified atom stereocenters. The van der Waals surface area contributed by atoms with E-state index in [-0.39, 0.29) is 40.5 Å². The van der Waals surface area contributed by atoms with E-state index >= 15 is 0 Å². The molecule has 0 spiro atoms. The minimum absolute atomic E-state index is 0.0213. The van der Waals surface area contributed by atoms with Gasteiger partial charge in [0.15, 0.2) is 16.3 Å². The summed E-state index contributed by atoms with van der Waals surface area (Å²) in [7, 11) is 1.74. The van der Waals surface area contributed by atoms with Crippen LogP contribution in [0.3, 0.4) is 0 Å². The Balaban J connectivity index is 1.49. The third-order valence-electron chi connectivity index (χ3n) is 5.99. The first-order valence-electron chi connectivity index (χ1n) is 12.0. The zero-order valence-corrected chi connectivity index (χ0v) is 25.1. The number of ether oxygens (including phenoxy) is 2. The van der Waals surface area contributed by atoms with E-state index in [4.69, 9.17) is 26.8 Å². The molecule has 4 heterocycles. The van der Waals surface area contributed by atoms with Crippen LogP contribution in [0.25, 0.3) is 0 Å². The van der Waals surface area contributed by atoms with Crippen molar-refractivity contribution in [1.82, 2.24) is 25.4 Å². The minimum Gasteiger partial charge on any atom is -0.438 e. The maximum atomic E-state index is 13.3. The second kappa shape index (κ2) is 12.3. The normalized spacial score (nSPS) is 19.5. The SMILES string of the molecule is CNc1nnc(SC2=C(COCOC(=O)C(C)(C)C)N3C(=O)C(NC(=O)C(N=O)c4nc(N)sc4Cl)C3CC2)s1. The van der Waals surface area contributed by atoms with Gasteiger partial charge >= 0.3 is 5.97 Å². The van der Waals surface area contributed by atoms with Gasteiger partial charge in [-0.1, -0.05) is 46.0 Å². The standard InChI is InChI=1S/C22H27ClN8O6S3/c1-22(2,3)18(34)37-8-36-7-10-11(38-21-29-28-20(25-4)40-21)6-5-9-12(17(33)31(9)10)26-16(32)14(30-35)13-15(23)39-19(24)27-13/h9,12,14H,5-8H2,1-4H3,(H2,24,27)(H,25,28)(H,26,32). The molecule has 3 atom stereocenters. The molecule has 0 aromatic carbocycles. The smallest absolute Gasteiger partial charge is 0.313 e. The summed E-state index contributed by atoms with van der Waals surface area (Å²) in [5.41, 5.74) is 5.46. The van der Waals surface area contributed by atoms with Crippen LogP contribution in [-0.4, -0.2) is 70.4 Å². The lowest BCUT2D eigenvalue weighted by molar-refractivity contribution is -0.166. The largest absolute Gasteiger partial charge is 0.438 e. The van der Waals surface area contributed by atoms with E-state index in [1.54, 1.807) is 32.7 Å². The highest BCUT2D eigenvalue weighted by molar-refractivity contribution is 8.04. The van der Waals surface area contributed by atoms with Crippen molar-refractivity contribution in [3.8, 4) is 0 Å². The molecular formula is C22H27ClN8O6S3. The average Bonchev–Trinajstić information content (AvgIpc) is 3.50. The summed E-state index contributed by atoms with van der Waals surface area (Å²) in [6, 6.07) is -2.82. The van der Waals surface area contributed by atoms with Crippen LogP contribution in [0.1, 0.15) is 45.3 Å². The summed E-state index contributed by atoms with van der Waals surface area (Å²) in [6.45, 7) is 4.88. The summed E-state index contributed by atoms with van der Waals surface area (Å²) < 4.78 is 11.6. The molecule has 2 aliphatic heterocycles. The molecule has 2 aromatic heterocycles. The van der Waals surface area contributed by atoms with Gasteiger partial charge in [0.2, 0.25) is 11.2 Å². The Labute approximate surface area is 246 Å². The first kappa shape index (κ1) is 30.1. The number of hydrogen-bond donors (Lipinski definition) is 3. The third-order valence-corrected chi connectivity index (χ3v) is 9.28. The number of amides is 2. The number of nitrogen functional groups attached to an aromatic ring is 1. The number of thiazole rings is 1. The average molecular weight is 631 g/mol. The van der Waals surface area contributed by atoms with Gasteiger partial charge in [-0.15, -0.1) is 15.1 Å². The number of aromatic nitrogens is 3. The third kappa shape index (κ3) is 6.38. The molecule has 4 rings (SSSR count). The highest BCUT2D eigenvalue weighted by Gasteiger charge is 2.52. The molecule has 0 radical (unpaired) electrons. The number of anilines is 2. The molecule has 0 bridgehead atoms. The Hall–Kier alpha value is -2.86. The number of nitrogens with one attached hydrogen (secondary N) is 2. The zero-order chi connectivity index (χ0) is 29.2. The van der Waals surface area contributed by atoms with Gasteiger partial charge in [-0.25, -0.2) is 4.98 Å². The van der Waals surface area contributed by atoms with Crippen molar-refractivity contribution >= 4 is 74.1 Å². The molecule has 2 amide bonds. The summed E-state index contributed by atoms with van der Waals surface area (Å²) in [5, 5.41) is 17.4. The minimum atomic E-state index is -1.55. The number of nitrogens with zero attached hydrogens (tertiary/aromatic N) is 5. The predicted molar refractivity (Wildman–Crippen MR) is 151 cm³/mol. The fraction of sp³-hybridized carbons (Fsp3) is 0.545. The van der Waals surface area contributed by atoms with E-state index in [0.29, 0.717) is 28.0 Å². The van der Waals surface area contributed by atoms with Gasteiger partial charge in [0.25, 0.3) is 11.8 Å². The molecule has 4 N–H and O–H groups in total. The number of allylic oxidation sites excluding steroid dienone is 1. The topological polar surface area (TPSA) is 191 Å². The lowest BCUT2D eigenvalue weighted by Gasteiger charge is -2.51. The molecule has 0 saturated carbocycles. The molecule has 1 saturated heterocycles. The Morgan fingerprint density at radius 1 is 1.32 bits per heavy atom. The summed E-state index contributed by atoms with van der Waals surface area (Å²) in [6.07, 6.45) is 1.09. The molecule has 2 aromatic rings. The van der Waals surface area contributed by atoms with E-state index < -0.39 is 29.4 Å². The number of carbonyl (C=O) groups is 3. The second-order valence-corrected chi connectivity index (χ2v) is 13.7. The van der Waals surface area contributed by atoms with Crippen molar-refractivity contribution in [3.63, 3.8) is 0 Å². The highest BCUT2D eigenvalue weighted by Crippen LogP contribution is 2.44. The number of nitroso groups, excluding NO2 is 1. The molecule has 40 heavy (non-hydrogen) atoms. The van der Waals surface area contributed by atoms with E-state index in [9.17, 15) is 19.3 Å². The van der Waals surface area contributed by atoms with Gasteiger partial charge < -0.3 is 30.7 Å². The number of fused-ring (bicyclic) bond motifs is 1. The lowest BCUT2D eigenvalue weighted by atomic mass is 9.86. The number of thioether (sulfide) groups is 1. The maximum Gasteiger partial charge on any atom is 0.313 e. The summed E-state index contributed by atoms with van der Waals surface area (Å²) in [5.74, 6) is -1.61. The predicted octanol–water partition coefficient (Wildman–Crippen LogP) is 3.14. The fourth-order valence-electron chi connectivity index (χ4n) is 4.01. The van der Waals surface area contributed by atoms with E-state index in [1.165, 1.54) is 23.1 Å². The molecule has 2 aliphatic rings. The van der Waals surface area contributed by atoms with Gasteiger partial charge in [0.05, 0.1) is 23.8 Å². The molecule has 1 fully saturated rings. The van der Waals surface area contributed by atoms with Crippen LogP contribution >= 0.6 is 46.0 Å². The summed E-state index contributed by atoms with van der Waals surface area (Å²) >= 11 is 9.70. The Bertz CT molecular complexity index is 1340. The number of β-lactam (4-membered cyclic amide) rings is 1. The number of hydrogen-bond acceptors (Lipinski definition) is 15. The van der Waals surface area contributed by atoms with Crippen LogP contribution in [-0.2, 0) is 23.9 Å². The molecule has 216 valence electrons. The van der Waals surface area contributed by atoms with Gasteiger partial charge in [-0.05, 0) is 38.8 Å². The van der Waals surface area contributed by atoms with Crippen molar-refractivity contribution in [1.29, 1.82) is 0 Å². The van der Waals surface area contributed by atoms with Crippen molar-refractivity contribution in [3.05, 3.63) is 25.5 Å². The van der Waals surface area contributed by atoms with E-state index in [1.807, 2.05) is 0 Å². The van der Waals surface area contributed by atoms with Crippen LogP contribution in [0.15, 0.2) is 20.1 Å². The quantitative estimate of drug-likeness (QED) is 0.108. The van der Waals surface area contributed by atoms with E-state index in [0.717, 1.165) is 16.2 Å². The number of rotatable bonds is 11. The first-order valence-corrected chi connectivity index (χ1v) is 14.8. The number of halogens is 1. The van der Waals surface area contributed by atoms with Crippen LogP contribution in [0.5, 0.6) is 0 Å². The van der Waals surface area contributed by atoms with Crippen molar-refractivity contribution in [2.75, 3.05) is 31.5 Å².